The molecule has 0 aliphatic carbocycles. The number of nitrogens with zero attached hydrogens (tertiary/aromatic N) is 2. The first-order valence-electron chi connectivity index (χ1n) is 6.07. The molecule has 0 saturated heterocycles. The number of nitrogens with one attached hydrogen (secondary N) is 1. The van der Waals surface area contributed by atoms with Crippen LogP contribution < -0.4 is 5.32 Å². The normalized spacial score (nSPS) is 11.0. The van der Waals surface area contributed by atoms with E-state index in [4.69, 9.17) is 11.6 Å². The predicted octanol–water partition coefficient (Wildman–Crippen LogP) is 4.73. The largest absolute Gasteiger partial charge is 0.370 e. The van der Waals surface area contributed by atoms with E-state index in [1.54, 1.807) is 11.3 Å². The molecule has 0 atom stereocenters. The minimum absolute atomic E-state index is 0.314. The van der Waals surface area contributed by atoms with Crippen LogP contribution in [-0.4, -0.2) is 16.5 Å². The number of thiophene rings is 1. The lowest BCUT2D eigenvalue weighted by Gasteiger charge is -2.09. The Morgan fingerprint density at radius 1 is 1.37 bits per heavy atom. The molecule has 0 fully saturated rings. The zero-order chi connectivity index (χ0) is 13.8. The highest BCUT2D eigenvalue weighted by molar-refractivity contribution is 9.10. The summed E-state index contributed by atoms with van der Waals surface area (Å²) in [5.41, 5.74) is 0. The zero-order valence-electron chi connectivity index (χ0n) is 10.8. The van der Waals surface area contributed by atoms with Gasteiger partial charge in [-0.05, 0) is 34.5 Å². The molecule has 102 valence electrons. The Hall–Kier alpha value is -0.650. The van der Waals surface area contributed by atoms with Gasteiger partial charge in [-0.3, -0.25) is 0 Å². The molecule has 0 saturated carbocycles. The summed E-state index contributed by atoms with van der Waals surface area (Å²) in [4.78, 5) is 10.1. The Labute approximate surface area is 130 Å². The summed E-state index contributed by atoms with van der Waals surface area (Å²) >= 11 is 10.9. The first kappa shape index (κ1) is 14.8. The van der Waals surface area contributed by atoms with Gasteiger partial charge in [-0.25, -0.2) is 9.97 Å². The lowest BCUT2D eigenvalue weighted by molar-refractivity contribution is 0.769. The Bertz CT molecular complexity index is 557. The summed E-state index contributed by atoms with van der Waals surface area (Å²) in [5, 5.41) is 3.32. The maximum absolute atomic E-state index is 5.90. The van der Waals surface area contributed by atoms with Gasteiger partial charge in [0.15, 0.2) is 0 Å². The second-order valence-electron chi connectivity index (χ2n) is 4.47. The molecule has 0 radical (unpaired) electrons. The zero-order valence-corrected chi connectivity index (χ0v) is 13.9. The molecule has 2 rings (SSSR count). The quantitative estimate of drug-likeness (QED) is 0.783. The van der Waals surface area contributed by atoms with Crippen LogP contribution in [0, 0.1) is 0 Å². The van der Waals surface area contributed by atoms with Gasteiger partial charge in [-0.1, -0.05) is 25.4 Å². The molecule has 0 amide bonds. The third-order valence-corrected chi connectivity index (χ3v) is 4.23. The van der Waals surface area contributed by atoms with Gasteiger partial charge in [0.05, 0.1) is 4.34 Å². The highest BCUT2D eigenvalue weighted by atomic mass is 79.9. The first-order chi connectivity index (χ1) is 9.04. The lowest BCUT2D eigenvalue weighted by atomic mass is 10.2. The second kappa shape index (κ2) is 6.68. The van der Waals surface area contributed by atoms with E-state index >= 15 is 0 Å². The van der Waals surface area contributed by atoms with Crippen LogP contribution in [0.4, 0.5) is 5.82 Å². The van der Waals surface area contributed by atoms with Crippen molar-refractivity contribution in [2.24, 2.45) is 0 Å². The van der Waals surface area contributed by atoms with E-state index in [-0.39, 0.29) is 0 Å². The second-order valence-corrected chi connectivity index (χ2v) is 7.08. The van der Waals surface area contributed by atoms with Crippen LogP contribution in [0.25, 0.3) is 0 Å². The van der Waals surface area contributed by atoms with Crippen molar-refractivity contribution < 1.29 is 0 Å². The molecule has 0 aliphatic rings. The molecule has 3 nitrogen and oxygen atoms in total. The summed E-state index contributed by atoms with van der Waals surface area (Å²) in [6.07, 6.45) is 0.940. The molecule has 2 aromatic rings. The van der Waals surface area contributed by atoms with Gasteiger partial charge in [-0.2, -0.15) is 0 Å². The van der Waals surface area contributed by atoms with E-state index in [0.29, 0.717) is 5.92 Å². The third kappa shape index (κ3) is 4.44. The van der Waals surface area contributed by atoms with E-state index in [2.05, 4.69) is 51.1 Å². The van der Waals surface area contributed by atoms with Crippen molar-refractivity contribution in [3.63, 3.8) is 0 Å². The molecule has 0 bridgehead atoms. The van der Waals surface area contributed by atoms with E-state index in [1.165, 1.54) is 4.88 Å². The van der Waals surface area contributed by atoms with Crippen LogP contribution in [0.5, 0.6) is 0 Å². The number of anilines is 1. The maximum Gasteiger partial charge on any atom is 0.134 e. The van der Waals surface area contributed by atoms with E-state index in [9.17, 15) is 0 Å². The standard InChI is InChI=1S/C13H15BrClN3S/c1-8(2)13-17-10(14)7-12(18-13)16-6-5-9-3-4-11(15)19-9/h3-4,7-8H,5-6H2,1-2H3,(H,16,17,18). The van der Waals surface area contributed by atoms with E-state index in [0.717, 1.165) is 33.5 Å². The highest BCUT2D eigenvalue weighted by Crippen LogP contribution is 2.22. The van der Waals surface area contributed by atoms with Crippen LogP contribution in [-0.2, 0) is 6.42 Å². The number of aromatic nitrogens is 2. The molecule has 0 unspecified atom stereocenters. The molecule has 1 N–H and O–H groups in total. The van der Waals surface area contributed by atoms with Crippen LogP contribution in [0.15, 0.2) is 22.8 Å². The van der Waals surface area contributed by atoms with Crippen molar-refractivity contribution in [1.29, 1.82) is 0 Å². The lowest BCUT2D eigenvalue weighted by Crippen LogP contribution is -2.08. The van der Waals surface area contributed by atoms with Gasteiger partial charge >= 0.3 is 0 Å². The first-order valence-corrected chi connectivity index (χ1v) is 8.06. The van der Waals surface area contributed by atoms with Crippen molar-refractivity contribution in [2.75, 3.05) is 11.9 Å². The van der Waals surface area contributed by atoms with Crippen molar-refractivity contribution in [3.8, 4) is 0 Å². The fourth-order valence-electron chi connectivity index (χ4n) is 1.58. The van der Waals surface area contributed by atoms with Gasteiger partial charge in [0.1, 0.15) is 16.2 Å². The fraction of sp³-hybridized carbons (Fsp3) is 0.385. The molecule has 0 spiro atoms. The van der Waals surface area contributed by atoms with Crippen molar-refractivity contribution >= 4 is 44.7 Å². The maximum atomic E-state index is 5.90. The molecular formula is C13H15BrClN3S. The van der Waals surface area contributed by atoms with Gasteiger partial charge < -0.3 is 5.32 Å². The van der Waals surface area contributed by atoms with Crippen LogP contribution in [0.1, 0.15) is 30.5 Å². The topological polar surface area (TPSA) is 37.8 Å². The Kier molecular flexibility index (Phi) is 5.19. The number of hydrogen-bond donors (Lipinski definition) is 1. The van der Waals surface area contributed by atoms with E-state index in [1.807, 2.05) is 12.1 Å². The average Bonchev–Trinajstić information content (AvgIpc) is 2.74. The Morgan fingerprint density at radius 3 is 2.79 bits per heavy atom. The highest BCUT2D eigenvalue weighted by Gasteiger charge is 2.06. The third-order valence-electron chi connectivity index (χ3n) is 2.53. The fourth-order valence-corrected chi connectivity index (χ4v) is 3.07. The molecule has 6 heteroatoms. The number of hydrogen-bond acceptors (Lipinski definition) is 4. The minimum Gasteiger partial charge on any atom is -0.370 e. The minimum atomic E-state index is 0.314. The summed E-state index contributed by atoms with van der Waals surface area (Å²) < 4.78 is 1.65. The average molecular weight is 361 g/mol. The van der Waals surface area contributed by atoms with Gasteiger partial charge in [0.2, 0.25) is 0 Å². The smallest absolute Gasteiger partial charge is 0.134 e. The van der Waals surface area contributed by atoms with Crippen molar-refractivity contribution in [1.82, 2.24) is 9.97 Å². The van der Waals surface area contributed by atoms with Gasteiger partial charge in [0, 0.05) is 23.4 Å². The summed E-state index contributed by atoms with van der Waals surface area (Å²) in [7, 11) is 0. The molecule has 0 aliphatic heterocycles. The predicted molar refractivity (Wildman–Crippen MR) is 85.3 cm³/mol. The molecule has 0 aromatic carbocycles. The van der Waals surface area contributed by atoms with Gasteiger partial charge in [-0.15, -0.1) is 11.3 Å². The Balaban J connectivity index is 1.95. The summed E-state index contributed by atoms with van der Waals surface area (Å²) in [5.74, 6) is 2.01. The molecule has 2 aromatic heterocycles. The summed E-state index contributed by atoms with van der Waals surface area (Å²) in [6, 6.07) is 5.89. The monoisotopic (exact) mass is 359 g/mol. The van der Waals surface area contributed by atoms with Crippen LogP contribution >= 0.6 is 38.9 Å². The van der Waals surface area contributed by atoms with Crippen LogP contribution in [0.3, 0.4) is 0 Å². The molecule has 19 heavy (non-hydrogen) atoms. The number of halogens is 2. The van der Waals surface area contributed by atoms with Crippen molar-refractivity contribution in [2.45, 2.75) is 26.2 Å². The van der Waals surface area contributed by atoms with Crippen molar-refractivity contribution in [3.05, 3.63) is 37.8 Å². The SMILES string of the molecule is CC(C)c1nc(Br)cc(NCCc2ccc(Cl)s2)n1. The molecular weight excluding hydrogens is 346 g/mol. The molecule has 2 heterocycles. The number of rotatable bonds is 5. The van der Waals surface area contributed by atoms with E-state index < -0.39 is 0 Å². The summed E-state index contributed by atoms with van der Waals surface area (Å²) in [6.45, 7) is 5.00. The van der Waals surface area contributed by atoms with Gasteiger partial charge in [0.25, 0.3) is 0 Å². The Morgan fingerprint density at radius 2 is 2.16 bits per heavy atom. The van der Waals surface area contributed by atoms with Crippen LogP contribution in [0.2, 0.25) is 4.34 Å².